The van der Waals surface area contributed by atoms with Crippen molar-refractivity contribution in [2.24, 2.45) is 0 Å². The van der Waals surface area contributed by atoms with E-state index in [4.69, 9.17) is 23.8 Å². The van der Waals surface area contributed by atoms with Crippen LogP contribution < -0.4 is 10.2 Å². The van der Waals surface area contributed by atoms with Crippen LogP contribution in [0.1, 0.15) is 16.7 Å². The van der Waals surface area contributed by atoms with Crippen molar-refractivity contribution in [1.82, 2.24) is 5.32 Å². The summed E-state index contributed by atoms with van der Waals surface area (Å²) in [4.78, 5) is 29.4. The van der Waals surface area contributed by atoms with Gasteiger partial charge in [-0.2, -0.15) is 0 Å². The summed E-state index contributed by atoms with van der Waals surface area (Å²) < 4.78 is 0. The number of hydrogen-bond acceptors (Lipinski definition) is 4. The number of benzene rings is 3. The molecule has 7 heteroatoms. The molecule has 1 saturated heterocycles. The largest absolute Gasteiger partial charge is 0.298 e. The summed E-state index contributed by atoms with van der Waals surface area (Å²) in [6.07, 6.45) is 1.62. The molecule has 0 saturated carbocycles. The molecular formula is C25H19ClN2O2S2. The Morgan fingerprint density at radius 2 is 1.72 bits per heavy atom. The number of anilines is 1. The van der Waals surface area contributed by atoms with Crippen molar-refractivity contribution in [3.8, 4) is 0 Å². The number of aryl methyl sites for hydroxylation is 2. The Balaban J connectivity index is 1.73. The third-order valence-electron chi connectivity index (χ3n) is 4.97. The van der Waals surface area contributed by atoms with Gasteiger partial charge < -0.3 is 0 Å². The van der Waals surface area contributed by atoms with Crippen molar-refractivity contribution < 1.29 is 9.59 Å². The molecule has 1 heterocycles. The van der Waals surface area contributed by atoms with Gasteiger partial charge in [0.15, 0.2) is 5.11 Å². The molecule has 3 aromatic rings. The van der Waals surface area contributed by atoms with Crippen LogP contribution in [0.5, 0.6) is 0 Å². The molecule has 1 aliphatic rings. The Morgan fingerprint density at radius 1 is 1.00 bits per heavy atom. The van der Waals surface area contributed by atoms with E-state index in [1.807, 2.05) is 80.6 Å². The van der Waals surface area contributed by atoms with E-state index in [0.29, 0.717) is 10.7 Å². The van der Waals surface area contributed by atoms with Gasteiger partial charge in [-0.15, -0.1) is 0 Å². The van der Waals surface area contributed by atoms with Gasteiger partial charge in [-0.3, -0.25) is 19.8 Å². The first-order valence-corrected chi connectivity index (χ1v) is 11.4. The molecule has 4 rings (SSSR count). The minimum Gasteiger partial charge on any atom is -0.298 e. The molecule has 0 spiro atoms. The fourth-order valence-corrected chi connectivity index (χ4v) is 4.63. The van der Waals surface area contributed by atoms with Gasteiger partial charge in [-0.1, -0.05) is 53.7 Å². The van der Waals surface area contributed by atoms with Crippen LogP contribution in [0.25, 0.3) is 6.08 Å². The monoisotopic (exact) mass is 478 g/mol. The third kappa shape index (κ3) is 4.63. The minimum absolute atomic E-state index is 0.0312. The molecule has 0 aliphatic carbocycles. The third-order valence-corrected chi connectivity index (χ3v) is 6.60. The number of carbonyl (C=O) groups is 2. The predicted octanol–water partition coefficient (Wildman–Crippen LogP) is 5.94. The molecule has 3 aromatic carbocycles. The number of carbonyl (C=O) groups excluding carboxylic acids is 2. The molecule has 4 nitrogen and oxygen atoms in total. The number of rotatable bonds is 4. The first-order chi connectivity index (χ1) is 15.3. The number of hydrogen-bond donors (Lipinski definition) is 1. The SMILES string of the molecule is Cc1ccc(C)c(N2C(=O)/C(=C\c3ccccc3Sc3ccc(Cl)cc3)C(=O)NC2=S)c1. The molecule has 160 valence electrons. The van der Waals surface area contributed by atoms with Gasteiger partial charge in [-0.05, 0) is 85.2 Å². The second-order valence-electron chi connectivity index (χ2n) is 7.34. The summed E-state index contributed by atoms with van der Waals surface area (Å²) in [5.41, 5.74) is 3.34. The van der Waals surface area contributed by atoms with E-state index >= 15 is 0 Å². The molecule has 1 fully saturated rings. The average Bonchev–Trinajstić information content (AvgIpc) is 2.76. The van der Waals surface area contributed by atoms with Gasteiger partial charge in [0.2, 0.25) is 0 Å². The van der Waals surface area contributed by atoms with Crippen molar-refractivity contribution in [3.05, 3.63) is 94.0 Å². The van der Waals surface area contributed by atoms with Crippen molar-refractivity contribution in [1.29, 1.82) is 0 Å². The summed E-state index contributed by atoms with van der Waals surface area (Å²) in [6, 6.07) is 20.9. The van der Waals surface area contributed by atoms with E-state index in [2.05, 4.69) is 5.32 Å². The maximum absolute atomic E-state index is 13.4. The van der Waals surface area contributed by atoms with Gasteiger partial charge in [0.1, 0.15) is 5.57 Å². The van der Waals surface area contributed by atoms with Crippen LogP contribution in [0.4, 0.5) is 5.69 Å². The number of halogens is 1. The average molecular weight is 479 g/mol. The fraction of sp³-hybridized carbons (Fsp3) is 0.0800. The second kappa shape index (κ2) is 9.28. The Hall–Kier alpha value is -2.93. The normalized spacial score (nSPS) is 15.3. The highest BCUT2D eigenvalue weighted by Crippen LogP contribution is 2.33. The predicted molar refractivity (Wildman–Crippen MR) is 134 cm³/mol. The summed E-state index contributed by atoms with van der Waals surface area (Å²) in [6.45, 7) is 3.85. The van der Waals surface area contributed by atoms with Crippen LogP contribution in [0.15, 0.2) is 82.1 Å². The lowest BCUT2D eigenvalue weighted by molar-refractivity contribution is -0.122. The zero-order valence-corrected chi connectivity index (χ0v) is 19.8. The molecule has 0 aromatic heterocycles. The summed E-state index contributed by atoms with van der Waals surface area (Å²) in [7, 11) is 0. The molecule has 1 aliphatic heterocycles. The maximum atomic E-state index is 13.4. The van der Waals surface area contributed by atoms with Crippen molar-refractivity contribution >= 4 is 64.3 Å². The van der Waals surface area contributed by atoms with Crippen LogP contribution in [0.3, 0.4) is 0 Å². The van der Waals surface area contributed by atoms with E-state index in [-0.39, 0.29) is 10.7 Å². The molecule has 32 heavy (non-hydrogen) atoms. The zero-order chi connectivity index (χ0) is 22.8. The second-order valence-corrected chi connectivity index (χ2v) is 9.28. The van der Waals surface area contributed by atoms with Gasteiger partial charge in [0.05, 0.1) is 5.69 Å². The van der Waals surface area contributed by atoms with Crippen LogP contribution in [0, 0.1) is 13.8 Å². The van der Waals surface area contributed by atoms with Gasteiger partial charge in [0.25, 0.3) is 11.8 Å². The van der Waals surface area contributed by atoms with E-state index in [9.17, 15) is 9.59 Å². The number of amides is 2. The standard InChI is InChI=1S/C25H19ClN2O2S2/c1-15-7-8-16(2)21(13-15)28-24(30)20(23(29)27-25(28)31)14-17-5-3-4-6-22(17)32-19-11-9-18(26)10-12-19/h3-14H,1-2H3,(H,27,29,31)/b20-14-. The van der Waals surface area contributed by atoms with Gasteiger partial charge in [0, 0.05) is 14.8 Å². The lowest BCUT2D eigenvalue weighted by Gasteiger charge is -2.30. The van der Waals surface area contributed by atoms with E-state index in [0.717, 1.165) is 26.5 Å². The highest BCUT2D eigenvalue weighted by atomic mass is 35.5. The van der Waals surface area contributed by atoms with Crippen molar-refractivity contribution in [2.75, 3.05) is 4.90 Å². The smallest absolute Gasteiger partial charge is 0.270 e. The lowest BCUT2D eigenvalue weighted by atomic mass is 10.0. The first-order valence-electron chi connectivity index (χ1n) is 9.84. The summed E-state index contributed by atoms with van der Waals surface area (Å²) in [5.74, 6) is -0.952. The van der Waals surface area contributed by atoms with Gasteiger partial charge in [-0.25, -0.2) is 0 Å². The van der Waals surface area contributed by atoms with Crippen molar-refractivity contribution in [3.63, 3.8) is 0 Å². The fourth-order valence-electron chi connectivity index (χ4n) is 3.31. The number of nitrogens with zero attached hydrogens (tertiary/aromatic N) is 1. The Kier molecular flexibility index (Phi) is 6.46. The molecule has 2 amide bonds. The van der Waals surface area contributed by atoms with Crippen LogP contribution >= 0.6 is 35.6 Å². The van der Waals surface area contributed by atoms with E-state index in [1.165, 1.54) is 16.7 Å². The van der Waals surface area contributed by atoms with Crippen LogP contribution in [-0.2, 0) is 9.59 Å². The molecular weight excluding hydrogens is 460 g/mol. The highest BCUT2D eigenvalue weighted by molar-refractivity contribution is 7.99. The van der Waals surface area contributed by atoms with Crippen molar-refractivity contribution in [2.45, 2.75) is 23.6 Å². The quantitative estimate of drug-likeness (QED) is 0.286. The molecule has 0 atom stereocenters. The van der Waals surface area contributed by atoms with E-state index < -0.39 is 11.8 Å². The summed E-state index contributed by atoms with van der Waals surface area (Å²) in [5, 5.41) is 3.40. The molecule has 1 N–H and O–H groups in total. The molecule has 0 unspecified atom stereocenters. The molecule has 0 radical (unpaired) electrons. The van der Waals surface area contributed by atoms with Crippen LogP contribution in [-0.4, -0.2) is 16.9 Å². The minimum atomic E-state index is -0.507. The number of nitrogens with one attached hydrogen (secondary N) is 1. The highest BCUT2D eigenvalue weighted by Gasteiger charge is 2.35. The van der Waals surface area contributed by atoms with E-state index in [1.54, 1.807) is 6.08 Å². The topological polar surface area (TPSA) is 49.4 Å². The number of thiocarbonyl (C=S) groups is 1. The first kappa shape index (κ1) is 22.3. The Morgan fingerprint density at radius 3 is 2.47 bits per heavy atom. The molecule has 0 bridgehead atoms. The summed E-state index contributed by atoms with van der Waals surface area (Å²) >= 11 is 12.9. The van der Waals surface area contributed by atoms with Gasteiger partial charge >= 0.3 is 0 Å². The lowest BCUT2D eigenvalue weighted by Crippen LogP contribution is -2.54. The van der Waals surface area contributed by atoms with Crippen LogP contribution in [0.2, 0.25) is 5.02 Å². The zero-order valence-electron chi connectivity index (χ0n) is 17.4. The maximum Gasteiger partial charge on any atom is 0.270 e. The Labute approximate surface area is 201 Å². The Bertz CT molecular complexity index is 1270.